The summed E-state index contributed by atoms with van der Waals surface area (Å²) in [5.41, 5.74) is 6.15. The SMILES string of the molecule is CS(=O)(=O)N1CCN(Cc2nc3c(N4CCOCC4)nc(Cl)nc3s2)CC1.Nc1ncc(B(O)O)cn1. The fraction of sp³-hybridized carbons (Fsp3) is 0.526. The highest BCUT2D eigenvalue weighted by molar-refractivity contribution is 7.88. The highest BCUT2D eigenvalue weighted by atomic mass is 35.5. The number of rotatable bonds is 5. The normalized spacial score (nSPS) is 17.5. The highest BCUT2D eigenvalue weighted by Crippen LogP contribution is 2.30. The van der Waals surface area contributed by atoms with Crippen LogP contribution in [0.3, 0.4) is 0 Å². The third-order valence-electron chi connectivity index (χ3n) is 5.72. The van der Waals surface area contributed by atoms with E-state index in [0.29, 0.717) is 45.9 Å². The molecule has 0 atom stereocenters. The van der Waals surface area contributed by atoms with Crippen molar-refractivity contribution in [3.05, 3.63) is 22.7 Å². The lowest BCUT2D eigenvalue weighted by atomic mass is 9.83. The molecule has 2 saturated heterocycles. The second-order valence-electron chi connectivity index (χ2n) is 8.36. The molecule has 0 radical (unpaired) electrons. The minimum absolute atomic E-state index is 0.115. The molecule has 4 N–H and O–H groups in total. The summed E-state index contributed by atoms with van der Waals surface area (Å²) in [7, 11) is -4.65. The molecular weight excluding hydrogens is 545 g/mol. The number of nitrogens with zero attached hydrogens (tertiary/aromatic N) is 8. The van der Waals surface area contributed by atoms with Crippen LogP contribution in [0.15, 0.2) is 12.4 Å². The molecule has 5 heterocycles. The van der Waals surface area contributed by atoms with Gasteiger partial charge >= 0.3 is 7.12 Å². The number of sulfonamides is 1. The van der Waals surface area contributed by atoms with Crippen LogP contribution in [0.5, 0.6) is 0 Å². The number of thiazole rings is 1. The first-order chi connectivity index (χ1) is 17.6. The molecule has 2 fully saturated rings. The first kappa shape index (κ1) is 27.8. The zero-order valence-electron chi connectivity index (χ0n) is 20.1. The van der Waals surface area contributed by atoms with Gasteiger partial charge in [-0.15, -0.1) is 0 Å². The maximum atomic E-state index is 11.6. The molecule has 0 amide bonds. The van der Waals surface area contributed by atoms with Gasteiger partial charge in [0.1, 0.15) is 10.5 Å². The average molecular weight is 572 g/mol. The van der Waals surface area contributed by atoms with Crippen molar-refractivity contribution in [1.82, 2.24) is 34.1 Å². The molecule has 0 saturated carbocycles. The summed E-state index contributed by atoms with van der Waals surface area (Å²) in [6, 6.07) is 0. The Hall–Kier alpha value is -2.25. The monoisotopic (exact) mass is 571 g/mol. The number of hydrogen-bond donors (Lipinski definition) is 3. The lowest BCUT2D eigenvalue weighted by Gasteiger charge is -2.32. The van der Waals surface area contributed by atoms with Crippen LogP contribution in [-0.2, 0) is 21.3 Å². The van der Waals surface area contributed by atoms with Crippen LogP contribution < -0.4 is 16.1 Å². The van der Waals surface area contributed by atoms with Gasteiger partial charge in [-0.3, -0.25) is 4.90 Å². The van der Waals surface area contributed by atoms with Crippen molar-refractivity contribution in [3.63, 3.8) is 0 Å². The van der Waals surface area contributed by atoms with Crippen molar-refractivity contribution in [3.8, 4) is 0 Å². The van der Waals surface area contributed by atoms with Crippen molar-refractivity contribution < 1.29 is 23.2 Å². The minimum Gasteiger partial charge on any atom is -0.423 e. The summed E-state index contributed by atoms with van der Waals surface area (Å²) in [6.07, 6.45) is 3.77. The Labute approximate surface area is 223 Å². The quantitative estimate of drug-likeness (QED) is 0.235. The van der Waals surface area contributed by atoms with Crippen molar-refractivity contribution in [2.24, 2.45) is 0 Å². The van der Waals surface area contributed by atoms with Gasteiger partial charge in [0.2, 0.25) is 21.3 Å². The molecule has 200 valence electrons. The van der Waals surface area contributed by atoms with Gasteiger partial charge < -0.3 is 25.4 Å². The number of piperazine rings is 1. The Balaban J connectivity index is 0.000000270. The van der Waals surface area contributed by atoms with Crippen LogP contribution >= 0.6 is 22.9 Å². The molecule has 0 aromatic carbocycles. The summed E-state index contributed by atoms with van der Waals surface area (Å²) in [5.74, 6) is 0.877. The van der Waals surface area contributed by atoms with Gasteiger partial charge in [-0.05, 0) is 11.6 Å². The van der Waals surface area contributed by atoms with Crippen LogP contribution in [0.1, 0.15) is 5.01 Å². The standard InChI is InChI=1S/C15H21ClN6O3S2.C4H6BN3O2/c1-27(23,24)22-4-2-20(3-5-22)10-11-17-12-13(21-6-8-25-9-7-21)18-15(16)19-14(12)26-11;6-4-7-1-3(2-8-4)5(9)10/h2-10H2,1H3;1-2,9-10H,(H2,6,7,8). The van der Waals surface area contributed by atoms with Gasteiger partial charge in [0.25, 0.3) is 0 Å². The lowest BCUT2D eigenvalue weighted by Crippen LogP contribution is -2.47. The van der Waals surface area contributed by atoms with Crippen LogP contribution in [0, 0.1) is 0 Å². The van der Waals surface area contributed by atoms with E-state index in [9.17, 15) is 8.42 Å². The van der Waals surface area contributed by atoms with E-state index in [1.165, 1.54) is 34.3 Å². The first-order valence-electron chi connectivity index (χ1n) is 11.4. The minimum atomic E-state index is -3.12. The Bertz CT molecular complexity index is 1300. The van der Waals surface area contributed by atoms with E-state index in [1.54, 1.807) is 0 Å². The zero-order valence-corrected chi connectivity index (χ0v) is 22.5. The molecule has 14 nitrogen and oxygen atoms in total. The second kappa shape index (κ2) is 12.1. The van der Waals surface area contributed by atoms with Crippen molar-refractivity contribution >= 4 is 67.7 Å². The van der Waals surface area contributed by atoms with Gasteiger partial charge in [-0.1, -0.05) is 11.3 Å². The lowest BCUT2D eigenvalue weighted by molar-refractivity contribution is 0.122. The van der Waals surface area contributed by atoms with E-state index in [-0.39, 0.29) is 16.7 Å². The third kappa shape index (κ3) is 7.41. The summed E-state index contributed by atoms with van der Waals surface area (Å²) < 4.78 is 30.2. The molecule has 18 heteroatoms. The second-order valence-corrected chi connectivity index (χ2v) is 11.7. The number of nitrogen functional groups attached to an aromatic ring is 1. The Morgan fingerprint density at radius 1 is 1.08 bits per heavy atom. The van der Waals surface area contributed by atoms with Gasteiger partial charge in [0.15, 0.2) is 10.6 Å². The van der Waals surface area contributed by atoms with Gasteiger partial charge in [0, 0.05) is 57.1 Å². The van der Waals surface area contributed by atoms with Crippen LogP contribution in [0.4, 0.5) is 11.8 Å². The van der Waals surface area contributed by atoms with Crippen LogP contribution in [-0.4, -0.2) is 118 Å². The molecule has 0 spiro atoms. The maximum Gasteiger partial charge on any atom is 0.491 e. The van der Waals surface area contributed by atoms with Gasteiger partial charge in [-0.25, -0.2) is 28.4 Å². The summed E-state index contributed by atoms with van der Waals surface area (Å²) in [4.78, 5) is 25.7. The number of hydrogen-bond acceptors (Lipinski definition) is 14. The van der Waals surface area contributed by atoms with E-state index in [0.717, 1.165) is 34.3 Å². The Morgan fingerprint density at radius 3 is 2.32 bits per heavy atom. The number of morpholine rings is 1. The van der Waals surface area contributed by atoms with E-state index < -0.39 is 17.1 Å². The topological polar surface area (TPSA) is 184 Å². The molecule has 0 aliphatic carbocycles. The van der Waals surface area contributed by atoms with Crippen molar-refractivity contribution in [2.75, 3.05) is 69.4 Å². The van der Waals surface area contributed by atoms with E-state index in [2.05, 4.69) is 29.7 Å². The molecule has 37 heavy (non-hydrogen) atoms. The fourth-order valence-corrected chi connectivity index (χ4v) is 5.80. The molecule has 3 aromatic rings. The maximum absolute atomic E-state index is 11.6. The first-order valence-corrected chi connectivity index (χ1v) is 14.4. The predicted octanol–water partition coefficient (Wildman–Crippen LogP) is -1.61. The van der Waals surface area contributed by atoms with Crippen LogP contribution in [0.25, 0.3) is 10.3 Å². The fourth-order valence-electron chi connectivity index (χ4n) is 3.78. The third-order valence-corrected chi connectivity index (χ3v) is 8.12. The molecule has 0 bridgehead atoms. The largest absolute Gasteiger partial charge is 0.491 e. The Kier molecular flexibility index (Phi) is 9.07. The summed E-state index contributed by atoms with van der Waals surface area (Å²) in [6.45, 7) is 5.88. The molecule has 0 unspecified atom stereocenters. The number of aromatic nitrogens is 5. The number of halogens is 1. The molecule has 2 aliphatic heterocycles. The predicted molar refractivity (Wildman–Crippen MR) is 141 cm³/mol. The van der Waals surface area contributed by atoms with E-state index in [4.69, 9.17) is 37.1 Å². The van der Waals surface area contributed by atoms with Crippen molar-refractivity contribution in [1.29, 1.82) is 0 Å². The van der Waals surface area contributed by atoms with Crippen molar-refractivity contribution in [2.45, 2.75) is 6.54 Å². The Morgan fingerprint density at radius 2 is 1.73 bits per heavy atom. The van der Waals surface area contributed by atoms with E-state index in [1.807, 2.05) is 0 Å². The number of ether oxygens (including phenoxy) is 1. The van der Waals surface area contributed by atoms with Gasteiger partial charge in [-0.2, -0.15) is 9.29 Å². The number of nitrogens with two attached hydrogens (primary N) is 1. The zero-order chi connectivity index (χ0) is 26.6. The number of anilines is 2. The smallest absolute Gasteiger partial charge is 0.423 e. The van der Waals surface area contributed by atoms with Gasteiger partial charge in [0.05, 0.1) is 26.0 Å². The molecular formula is C19H27BClN9O5S2. The molecule has 5 rings (SSSR count). The summed E-state index contributed by atoms with van der Waals surface area (Å²) in [5, 5.41) is 18.3. The molecule has 3 aromatic heterocycles. The highest BCUT2D eigenvalue weighted by Gasteiger charge is 2.25. The van der Waals surface area contributed by atoms with E-state index >= 15 is 0 Å². The number of fused-ring (bicyclic) bond motifs is 1. The summed E-state index contributed by atoms with van der Waals surface area (Å²) >= 11 is 7.64. The van der Waals surface area contributed by atoms with Crippen LogP contribution in [0.2, 0.25) is 5.28 Å². The molecule has 2 aliphatic rings. The average Bonchev–Trinajstić information content (AvgIpc) is 3.26.